The van der Waals surface area contributed by atoms with E-state index in [1.54, 1.807) is 19.2 Å². The van der Waals surface area contributed by atoms with Crippen molar-refractivity contribution in [1.29, 1.82) is 0 Å². The molecule has 2 rings (SSSR count). The summed E-state index contributed by atoms with van der Waals surface area (Å²) in [7, 11) is 1.80. The molecule has 0 aliphatic heterocycles. The van der Waals surface area contributed by atoms with Crippen molar-refractivity contribution in [2.75, 3.05) is 7.05 Å². The average Bonchev–Trinajstić information content (AvgIpc) is 2.42. The van der Waals surface area contributed by atoms with Crippen LogP contribution in [0.2, 0.25) is 0 Å². The average molecular weight is 292 g/mol. The van der Waals surface area contributed by atoms with E-state index in [1.807, 2.05) is 4.90 Å². The SMILES string of the molecule is CN(Cc1ccc([N+](=O)[O-])cc1)Cc1ccc(F)cc1F. The fraction of sp³-hybridized carbons (Fsp3) is 0.200. The topological polar surface area (TPSA) is 46.4 Å². The maximum Gasteiger partial charge on any atom is 0.269 e. The van der Waals surface area contributed by atoms with Gasteiger partial charge in [0.05, 0.1) is 4.92 Å². The third kappa shape index (κ3) is 4.06. The molecule has 0 aliphatic carbocycles. The summed E-state index contributed by atoms with van der Waals surface area (Å²) in [5, 5.41) is 10.6. The van der Waals surface area contributed by atoms with Gasteiger partial charge in [0.2, 0.25) is 0 Å². The van der Waals surface area contributed by atoms with Crippen LogP contribution in [0.1, 0.15) is 11.1 Å². The van der Waals surface area contributed by atoms with E-state index < -0.39 is 16.6 Å². The molecule has 0 radical (unpaired) electrons. The molecular formula is C15H14F2N2O2. The monoisotopic (exact) mass is 292 g/mol. The largest absolute Gasteiger partial charge is 0.298 e. The van der Waals surface area contributed by atoms with Crippen LogP contribution in [0.3, 0.4) is 0 Å². The number of hydrogen-bond donors (Lipinski definition) is 0. The van der Waals surface area contributed by atoms with Crippen molar-refractivity contribution >= 4 is 5.69 Å². The molecule has 0 saturated carbocycles. The van der Waals surface area contributed by atoms with Crippen LogP contribution in [0.25, 0.3) is 0 Å². The molecule has 0 aliphatic rings. The van der Waals surface area contributed by atoms with E-state index in [2.05, 4.69) is 0 Å². The molecule has 0 N–H and O–H groups in total. The maximum absolute atomic E-state index is 13.5. The van der Waals surface area contributed by atoms with Crippen molar-refractivity contribution in [3.8, 4) is 0 Å². The number of benzene rings is 2. The highest BCUT2D eigenvalue weighted by Crippen LogP contribution is 2.15. The van der Waals surface area contributed by atoms with Crippen LogP contribution in [-0.4, -0.2) is 16.9 Å². The number of rotatable bonds is 5. The Hall–Kier alpha value is -2.34. The molecule has 21 heavy (non-hydrogen) atoms. The summed E-state index contributed by atoms with van der Waals surface area (Å²) in [6.07, 6.45) is 0. The lowest BCUT2D eigenvalue weighted by molar-refractivity contribution is -0.384. The van der Waals surface area contributed by atoms with E-state index in [0.717, 1.165) is 11.6 Å². The lowest BCUT2D eigenvalue weighted by atomic mass is 10.1. The summed E-state index contributed by atoms with van der Waals surface area (Å²) >= 11 is 0. The first-order chi connectivity index (χ1) is 9.95. The van der Waals surface area contributed by atoms with Crippen molar-refractivity contribution in [2.24, 2.45) is 0 Å². The van der Waals surface area contributed by atoms with Crippen molar-refractivity contribution in [3.05, 3.63) is 75.3 Å². The van der Waals surface area contributed by atoms with Gasteiger partial charge in [0.25, 0.3) is 5.69 Å². The van der Waals surface area contributed by atoms with Crippen LogP contribution in [0.5, 0.6) is 0 Å². The van der Waals surface area contributed by atoms with E-state index >= 15 is 0 Å². The van der Waals surface area contributed by atoms with E-state index in [9.17, 15) is 18.9 Å². The van der Waals surface area contributed by atoms with Gasteiger partial charge in [-0.2, -0.15) is 0 Å². The van der Waals surface area contributed by atoms with Gasteiger partial charge < -0.3 is 0 Å². The Bertz CT molecular complexity index is 645. The van der Waals surface area contributed by atoms with Crippen molar-refractivity contribution < 1.29 is 13.7 Å². The minimum Gasteiger partial charge on any atom is -0.298 e. The van der Waals surface area contributed by atoms with Gasteiger partial charge in [0, 0.05) is 36.9 Å². The lowest BCUT2D eigenvalue weighted by Gasteiger charge is -2.17. The quantitative estimate of drug-likeness (QED) is 0.626. The standard InChI is InChI=1S/C15H14F2N2O2/c1-18(10-12-4-5-13(16)8-15(12)17)9-11-2-6-14(7-3-11)19(20)21/h2-8H,9-10H2,1H3. The van der Waals surface area contributed by atoms with Gasteiger partial charge >= 0.3 is 0 Å². The number of nitro groups is 1. The molecule has 0 aromatic heterocycles. The van der Waals surface area contributed by atoms with Gasteiger partial charge in [-0.05, 0) is 18.7 Å². The molecule has 0 heterocycles. The second-order valence-electron chi connectivity index (χ2n) is 4.83. The number of nitrogens with zero attached hydrogens (tertiary/aromatic N) is 2. The highest BCUT2D eigenvalue weighted by atomic mass is 19.1. The zero-order chi connectivity index (χ0) is 15.4. The Morgan fingerprint density at radius 1 is 1.10 bits per heavy atom. The van der Waals surface area contributed by atoms with E-state index in [-0.39, 0.29) is 5.69 Å². The summed E-state index contributed by atoms with van der Waals surface area (Å²) in [4.78, 5) is 12.0. The third-order valence-electron chi connectivity index (χ3n) is 3.06. The van der Waals surface area contributed by atoms with Crippen molar-refractivity contribution in [1.82, 2.24) is 4.90 Å². The van der Waals surface area contributed by atoms with Crippen LogP contribution >= 0.6 is 0 Å². The van der Waals surface area contributed by atoms with E-state index in [4.69, 9.17) is 0 Å². The molecule has 0 spiro atoms. The smallest absolute Gasteiger partial charge is 0.269 e. The Morgan fingerprint density at radius 2 is 1.76 bits per heavy atom. The molecule has 6 heteroatoms. The highest BCUT2D eigenvalue weighted by Gasteiger charge is 2.09. The van der Waals surface area contributed by atoms with Crippen LogP contribution in [0, 0.1) is 21.7 Å². The first-order valence-corrected chi connectivity index (χ1v) is 6.31. The van der Waals surface area contributed by atoms with Crippen molar-refractivity contribution in [3.63, 3.8) is 0 Å². The molecule has 0 unspecified atom stereocenters. The molecule has 0 atom stereocenters. The van der Waals surface area contributed by atoms with Crippen LogP contribution < -0.4 is 0 Å². The number of nitro benzene ring substituents is 1. The van der Waals surface area contributed by atoms with Crippen LogP contribution in [0.4, 0.5) is 14.5 Å². The zero-order valence-corrected chi connectivity index (χ0v) is 11.4. The predicted molar refractivity (Wildman–Crippen MR) is 74.6 cm³/mol. The predicted octanol–water partition coefficient (Wildman–Crippen LogP) is 3.51. The first-order valence-electron chi connectivity index (χ1n) is 6.31. The second-order valence-corrected chi connectivity index (χ2v) is 4.83. The molecule has 2 aromatic rings. The van der Waals surface area contributed by atoms with Gasteiger partial charge in [-0.1, -0.05) is 18.2 Å². The molecule has 110 valence electrons. The summed E-state index contributed by atoms with van der Waals surface area (Å²) in [6.45, 7) is 0.831. The summed E-state index contributed by atoms with van der Waals surface area (Å²) in [5.74, 6) is -1.18. The number of halogens is 2. The van der Waals surface area contributed by atoms with Crippen LogP contribution in [0.15, 0.2) is 42.5 Å². The molecule has 2 aromatic carbocycles. The van der Waals surface area contributed by atoms with Gasteiger partial charge in [-0.25, -0.2) is 8.78 Å². The van der Waals surface area contributed by atoms with Gasteiger partial charge in [-0.3, -0.25) is 15.0 Å². The molecule has 0 fully saturated rings. The minimum absolute atomic E-state index is 0.0333. The molecule has 0 amide bonds. The highest BCUT2D eigenvalue weighted by molar-refractivity contribution is 5.32. The lowest BCUT2D eigenvalue weighted by Crippen LogP contribution is -2.18. The summed E-state index contributed by atoms with van der Waals surface area (Å²) < 4.78 is 26.4. The normalized spacial score (nSPS) is 10.9. The fourth-order valence-corrected chi connectivity index (χ4v) is 2.03. The van der Waals surface area contributed by atoms with Crippen LogP contribution in [-0.2, 0) is 13.1 Å². The molecule has 0 saturated heterocycles. The fourth-order valence-electron chi connectivity index (χ4n) is 2.03. The Balaban J connectivity index is 2.01. The Kier molecular flexibility index (Phi) is 4.59. The Morgan fingerprint density at radius 3 is 2.33 bits per heavy atom. The van der Waals surface area contributed by atoms with E-state index in [1.165, 1.54) is 24.3 Å². The summed E-state index contributed by atoms with van der Waals surface area (Å²) in [5.41, 5.74) is 1.32. The van der Waals surface area contributed by atoms with Crippen molar-refractivity contribution in [2.45, 2.75) is 13.1 Å². The molecule has 4 nitrogen and oxygen atoms in total. The van der Waals surface area contributed by atoms with Gasteiger partial charge in [0.1, 0.15) is 11.6 Å². The molecule has 0 bridgehead atoms. The number of non-ortho nitro benzene ring substituents is 1. The summed E-state index contributed by atoms with van der Waals surface area (Å²) in [6, 6.07) is 9.68. The maximum atomic E-state index is 13.5. The van der Waals surface area contributed by atoms with Gasteiger partial charge in [-0.15, -0.1) is 0 Å². The third-order valence-corrected chi connectivity index (χ3v) is 3.06. The Labute approximate surface area is 120 Å². The molecular weight excluding hydrogens is 278 g/mol. The minimum atomic E-state index is -0.603. The first kappa shape index (κ1) is 15.1. The second kappa shape index (κ2) is 6.41. The van der Waals surface area contributed by atoms with Gasteiger partial charge in [0.15, 0.2) is 0 Å². The number of hydrogen-bond acceptors (Lipinski definition) is 3. The zero-order valence-electron chi connectivity index (χ0n) is 11.4. The van der Waals surface area contributed by atoms with E-state index in [0.29, 0.717) is 18.7 Å².